The fraction of sp³-hybridized carbons (Fsp3) is 0.444. The van der Waals surface area contributed by atoms with E-state index in [4.69, 9.17) is 14.0 Å². The summed E-state index contributed by atoms with van der Waals surface area (Å²) >= 11 is 0. The van der Waals surface area contributed by atoms with Gasteiger partial charge >= 0.3 is 0 Å². The molecule has 35 heavy (non-hydrogen) atoms. The van der Waals surface area contributed by atoms with Crippen LogP contribution in [0.3, 0.4) is 0 Å². The summed E-state index contributed by atoms with van der Waals surface area (Å²) in [4.78, 5) is 19.8. The highest BCUT2D eigenvalue weighted by atomic mass is 16.5. The molecule has 8 heteroatoms. The summed E-state index contributed by atoms with van der Waals surface area (Å²) in [6.45, 7) is 3.90. The van der Waals surface area contributed by atoms with E-state index in [2.05, 4.69) is 27.6 Å². The molecule has 0 spiro atoms. The number of amides is 1. The molecule has 1 N–H and O–H groups in total. The Kier molecular flexibility index (Phi) is 6.99. The largest absolute Gasteiger partial charge is 0.493 e. The summed E-state index contributed by atoms with van der Waals surface area (Å²) in [5.74, 6) is 2.84. The van der Waals surface area contributed by atoms with Crippen molar-refractivity contribution < 1.29 is 18.8 Å². The highest BCUT2D eigenvalue weighted by molar-refractivity contribution is 5.82. The van der Waals surface area contributed by atoms with Crippen LogP contribution in [0.4, 0.5) is 0 Å². The summed E-state index contributed by atoms with van der Waals surface area (Å²) in [5, 5.41) is 7.73. The number of methoxy groups -OCH3 is 1. The van der Waals surface area contributed by atoms with Crippen LogP contribution in [0, 0.1) is 0 Å². The van der Waals surface area contributed by atoms with Gasteiger partial charge in [0.15, 0.2) is 11.5 Å². The summed E-state index contributed by atoms with van der Waals surface area (Å²) in [5.41, 5.74) is 2.06. The van der Waals surface area contributed by atoms with Gasteiger partial charge in [0, 0.05) is 30.6 Å². The lowest BCUT2D eigenvalue weighted by molar-refractivity contribution is -0.134. The van der Waals surface area contributed by atoms with Gasteiger partial charge in [-0.1, -0.05) is 35.5 Å². The molecule has 1 amide bonds. The average molecular weight is 477 g/mol. The van der Waals surface area contributed by atoms with Crippen LogP contribution in [0.1, 0.15) is 56.0 Å². The molecule has 0 aliphatic carbocycles. The van der Waals surface area contributed by atoms with Crippen molar-refractivity contribution in [3.63, 3.8) is 0 Å². The van der Waals surface area contributed by atoms with Gasteiger partial charge in [-0.3, -0.25) is 10.1 Å². The maximum Gasteiger partial charge on any atom is 0.239 e. The van der Waals surface area contributed by atoms with Gasteiger partial charge in [0.2, 0.25) is 17.6 Å². The van der Waals surface area contributed by atoms with Crippen molar-refractivity contribution in [2.45, 2.75) is 50.6 Å². The number of carbonyl (C=O) groups is 1. The smallest absolute Gasteiger partial charge is 0.239 e. The normalized spacial score (nSPS) is 20.7. The summed E-state index contributed by atoms with van der Waals surface area (Å²) < 4.78 is 16.6. The van der Waals surface area contributed by atoms with Crippen molar-refractivity contribution in [3.8, 4) is 22.9 Å². The SMILES string of the molecule is CCOc1ccc(-c2noc(C3CCN(C(=O)[C@H]4CC[C@H](c5ccccc5)N4)CC3)n2)cc1OC. The van der Waals surface area contributed by atoms with Gasteiger partial charge in [0.05, 0.1) is 19.8 Å². The predicted octanol–water partition coefficient (Wildman–Crippen LogP) is 4.34. The molecule has 1 aromatic heterocycles. The first-order valence-corrected chi connectivity index (χ1v) is 12.4. The Morgan fingerprint density at radius 2 is 1.89 bits per heavy atom. The second kappa shape index (κ2) is 10.5. The van der Waals surface area contributed by atoms with Crippen molar-refractivity contribution in [1.29, 1.82) is 0 Å². The van der Waals surface area contributed by atoms with Crippen LogP contribution in [0.2, 0.25) is 0 Å². The number of ether oxygens (including phenoxy) is 2. The molecular formula is C27H32N4O4. The zero-order valence-corrected chi connectivity index (χ0v) is 20.3. The number of likely N-dealkylation sites (tertiary alicyclic amines) is 1. The van der Waals surface area contributed by atoms with E-state index < -0.39 is 0 Å². The van der Waals surface area contributed by atoms with Crippen molar-refractivity contribution in [2.24, 2.45) is 0 Å². The lowest BCUT2D eigenvalue weighted by Crippen LogP contribution is -2.47. The fourth-order valence-corrected chi connectivity index (χ4v) is 5.05. The molecule has 3 heterocycles. The maximum atomic E-state index is 13.1. The van der Waals surface area contributed by atoms with E-state index in [-0.39, 0.29) is 23.9 Å². The van der Waals surface area contributed by atoms with Gasteiger partial charge in [-0.2, -0.15) is 4.98 Å². The zero-order valence-electron chi connectivity index (χ0n) is 20.3. The van der Waals surface area contributed by atoms with E-state index in [9.17, 15) is 4.79 Å². The molecule has 5 rings (SSSR count). The first-order valence-electron chi connectivity index (χ1n) is 12.4. The summed E-state index contributed by atoms with van der Waals surface area (Å²) in [7, 11) is 1.61. The second-order valence-corrected chi connectivity index (χ2v) is 9.11. The predicted molar refractivity (Wildman–Crippen MR) is 131 cm³/mol. The third-order valence-electron chi connectivity index (χ3n) is 6.97. The average Bonchev–Trinajstić information content (AvgIpc) is 3.60. The Bertz CT molecular complexity index is 1140. The lowest BCUT2D eigenvalue weighted by atomic mass is 9.96. The molecule has 2 atom stereocenters. The molecule has 0 saturated carbocycles. The van der Waals surface area contributed by atoms with E-state index in [0.717, 1.165) is 31.2 Å². The van der Waals surface area contributed by atoms with Gasteiger partial charge in [-0.05, 0) is 56.4 Å². The number of hydrogen-bond acceptors (Lipinski definition) is 7. The number of benzene rings is 2. The zero-order chi connectivity index (χ0) is 24.2. The van der Waals surface area contributed by atoms with E-state index in [0.29, 0.717) is 42.9 Å². The van der Waals surface area contributed by atoms with E-state index >= 15 is 0 Å². The van der Waals surface area contributed by atoms with Crippen LogP contribution in [0.5, 0.6) is 11.5 Å². The van der Waals surface area contributed by atoms with Crippen LogP contribution < -0.4 is 14.8 Å². The number of nitrogens with zero attached hydrogens (tertiary/aromatic N) is 3. The molecule has 0 unspecified atom stereocenters. The minimum absolute atomic E-state index is 0.110. The van der Waals surface area contributed by atoms with Crippen LogP contribution in [-0.2, 0) is 4.79 Å². The number of rotatable bonds is 7. The Morgan fingerprint density at radius 1 is 1.09 bits per heavy atom. The molecular weight excluding hydrogens is 444 g/mol. The minimum atomic E-state index is -0.110. The molecule has 2 aromatic carbocycles. The Morgan fingerprint density at radius 3 is 2.63 bits per heavy atom. The Balaban J connectivity index is 1.17. The molecule has 2 aliphatic rings. The molecule has 2 fully saturated rings. The maximum absolute atomic E-state index is 13.1. The highest BCUT2D eigenvalue weighted by Gasteiger charge is 2.35. The molecule has 2 aliphatic heterocycles. The number of aromatic nitrogens is 2. The van der Waals surface area contributed by atoms with Crippen molar-refractivity contribution in [3.05, 3.63) is 60.0 Å². The summed E-state index contributed by atoms with van der Waals surface area (Å²) in [6, 6.07) is 16.1. The van der Waals surface area contributed by atoms with E-state index in [1.165, 1.54) is 5.56 Å². The molecule has 184 valence electrons. The third kappa shape index (κ3) is 5.03. The first-order chi connectivity index (χ1) is 17.2. The third-order valence-corrected chi connectivity index (χ3v) is 6.97. The number of hydrogen-bond donors (Lipinski definition) is 1. The molecule has 0 radical (unpaired) electrons. The minimum Gasteiger partial charge on any atom is -0.493 e. The monoisotopic (exact) mass is 476 g/mol. The molecule has 3 aromatic rings. The second-order valence-electron chi connectivity index (χ2n) is 9.11. The lowest BCUT2D eigenvalue weighted by Gasteiger charge is -2.32. The number of nitrogens with one attached hydrogen (secondary N) is 1. The van der Waals surface area contributed by atoms with Gasteiger partial charge in [0.25, 0.3) is 0 Å². The Labute approximate surface area is 205 Å². The van der Waals surface area contributed by atoms with Crippen molar-refractivity contribution in [1.82, 2.24) is 20.4 Å². The van der Waals surface area contributed by atoms with Crippen LogP contribution >= 0.6 is 0 Å². The topological polar surface area (TPSA) is 89.7 Å². The molecule has 2 saturated heterocycles. The quantitative estimate of drug-likeness (QED) is 0.542. The van der Waals surface area contributed by atoms with Crippen LogP contribution in [-0.4, -0.2) is 53.8 Å². The van der Waals surface area contributed by atoms with Gasteiger partial charge in [-0.15, -0.1) is 0 Å². The van der Waals surface area contributed by atoms with Crippen LogP contribution in [0.15, 0.2) is 53.1 Å². The number of carbonyl (C=O) groups excluding carboxylic acids is 1. The molecule has 0 bridgehead atoms. The highest BCUT2D eigenvalue weighted by Crippen LogP contribution is 2.34. The summed E-state index contributed by atoms with van der Waals surface area (Å²) in [6.07, 6.45) is 3.48. The van der Waals surface area contributed by atoms with Gasteiger partial charge in [0.1, 0.15) is 0 Å². The van der Waals surface area contributed by atoms with E-state index in [1.54, 1.807) is 7.11 Å². The Hall–Kier alpha value is -3.39. The first kappa shape index (κ1) is 23.4. The standard InChI is InChI=1S/C27H32N4O4/c1-3-34-23-12-9-20(17-24(23)33-2)25-29-26(35-30-25)19-13-15-31(16-14-19)27(32)22-11-10-21(28-22)18-7-5-4-6-8-18/h4-9,12,17,19,21-22,28H,3,10-11,13-16H2,1-2H3/t21-,22-/m1/s1. The van der Waals surface area contributed by atoms with Gasteiger partial charge in [-0.25, -0.2) is 0 Å². The number of piperidine rings is 1. The van der Waals surface area contributed by atoms with Crippen molar-refractivity contribution in [2.75, 3.05) is 26.8 Å². The molecule has 8 nitrogen and oxygen atoms in total. The van der Waals surface area contributed by atoms with Gasteiger partial charge < -0.3 is 18.9 Å². The van der Waals surface area contributed by atoms with Crippen LogP contribution in [0.25, 0.3) is 11.4 Å². The fourth-order valence-electron chi connectivity index (χ4n) is 5.05. The van der Waals surface area contributed by atoms with Crippen molar-refractivity contribution >= 4 is 5.91 Å². The van der Waals surface area contributed by atoms with E-state index in [1.807, 2.05) is 48.2 Å².